The second-order valence-electron chi connectivity index (χ2n) is 5.98. The Bertz CT molecular complexity index is 483. The molecule has 1 saturated carbocycles. The minimum atomic E-state index is -0.801. The summed E-state index contributed by atoms with van der Waals surface area (Å²) < 4.78 is 25.6. The molecule has 0 amide bonds. The van der Waals surface area contributed by atoms with Crippen LogP contribution in [0.15, 0.2) is 18.2 Å². The molecule has 0 bridgehead atoms. The van der Waals surface area contributed by atoms with E-state index in [1.54, 1.807) is 19.1 Å². The van der Waals surface area contributed by atoms with Gasteiger partial charge in [-0.2, -0.15) is 0 Å². The fraction of sp³-hybridized carbons (Fsp3) is 0.625. The molecule has 110 valence electrons. The second-order valence-corrected chi connectivity index (χ2v) is 5.98. The monoisotopic (exact) mass is 280 g/mol. The van der Waals surface area contributed by atoms with Gasteiger partial charge in [-0.15, -0.1) is 0 Å². The maximum absolute atomic E-state index is 13.8. The third kappa shape index (κ3) is 2.67. The van der Waals surface area contributed by atoms with E-state index < -0.39 is 11.9 Å². The highest BCUT2D eigenvalue weighted by molar-refractivity contribution is 5.30. The number of aliphatic hydroxyl groups is 1. The first-order valence-corrected chi connectivity index (χ1v) is 7.36. The van der Waals surface area contributed by atoms with Crippen LogP contribution in [0.2, 0.25) is 0 Å². The molecule has 3 rings (SSSR count). The van der Waals surface area contributed by atoms with E-state index in [2.05, 4.69) is 0 Å². The highest BCUT2D eigenvalue weighted by atomic mass is 19.1. The molecule has 2 fully saturated rings. The van der Waals surface area contributed by atoms with Crippen molar-refractivity contribution in [2.24, 2.45) is 0 Å². The molecule has 1 aromatic rings. The van der Waals surface area contributed by atoms with E-state index in [1.807, 2.05) is 0 Å². The van der Waals surface area contributed by atoms with Crippen molar-refractivity contribution < 1.29 is 19.0 Å². The molecule has 20 heavy (non-hydrogen) atoms. The molecule has 1 unspecified atom stereocenters. The molecular formula is C16H21FO3. The zero-order valence-electron chi connectivity index (χ0n) is 11.8. The number of hydrogen-bond acceptors (Lipinski definition) is 3. The van der Waals surface area contributed by atoms with Crippen molar-refractivity contribution in [3.63, 3.8) is 0 Å². The third-order valence-corrected chi connectivity index (χ3v) is 4.44. The zero-order valence-corrected chi connectivity index (χ0v) is 11.8. The lowest BCUT2D eigenvalue weighted by atomic mass is 9.74. The fourth-order valence-corrected chi connectivity index (χ4v) is 3.12. The van der Waals surface area contributed by atoms with Gasteiger partial charge in [0.2, 0.25) is 0 Å². The van der Waals surface area contributed by atoms with E-state index in [1.165, 1.54) is 12.5 Å². The topological polar surface area (TPSA) is 38.7 Å². The predicted molar refractivity (Wildman–Crippen MR) is 73.2 cm³/mol. The van der Waals surface area contributed by atoms with Gasteiger partial charge in [0, 0.05) is 24.5 Å². The normalized spacial score (nSPS) is 26.1. The lowest BCUT2D eigenvalue weighted by molar-refractivity contribution is -0.153. The predicted octanol–water partition coefficient (Wildman–Crippen LogP) is 3.36. The van der Waals surface area contributed by atoms with Crippen LogP contribution in [0.3, 0.4) is 0 Å². The number of halogens is 1. The molecule has 1 aliphatic carbocycles. The van der Waals surface area contributed by atoms with Gasteiger partial charge in [-0.1, -0.05) is 0 Å². The molecule has 1 aromatic carbocycles. The highest BCUT2D eigenvalue weighted by Crippen LogP contribution is 2.43. The molecule has 1 heterocycles. The van der Waals surface area contributed by atoms with Crippen molar-refractivity contribution in [2.45, 2.75) is 56.8 Å². The molecular weight excluding hydrogens is 259 g/mol. The van der Waals surface area contributed by atoms with Crippen molar-refractivity contribution in [1.29, 1.82) is 0 Å². The largest absolute Gasteiger partial charge is 0.490 e. The van der Waals surface area contributed by atoms with Crippen LogP contribution in [0.5, 0.6) is 5.75 Å². The Morgan fingerprint density at radius 3 is 2.85 bits per heavy atom. The van der Waals surface area contributed by atoms with Crippen molar-refractivity contribution >= 4 is 0 Å². The molecule has 2 aliphatic rings. The highest BCUT2D eigenvalue weighted by Gasteiger charge is 2.43. The van der Waals surface area contributed by atoms with Gasteiger partial charge in [-0.05, 0) is 38.3 Å². The smallest absolute Gasteiger partial charge is 0.132 e. The van der Waals surface area contributed by atoms with Gasteiger partial charge >= 0.3 is 0 Å². The minimum absolute atomic E-state index is 0.0288. The van der Waals surface area contributed by atoms with Gasteiger partial charge in [-0.3, -0.25) is 0 Å². The van der Waals surface area contributed by atoms with Gasteiger partial charge in [0.1, 0.15) is 17.7 Å². The molecule has 0 aromatic heterocycles. The second kappa shape index (κ2) is 5.34. The number of rotatable bonds is 3. The van der Waals surface area contributed by atoms with E-state index in [-0.39, 0.29) is 11.7 Å². The average Bonchev–Trinajstić information content (AvgIpc) is 2.37. The van der Waals surface area contributed by atoms with E-state index in [0.717, 1.165) is 32.3 Å². The Morgan fingerprint density at radius 1 is 1.45 bits per heavy atom. The fourth-order valence-electron chi connectivity index (χ4n) is 3.12. The van der Waals surface area contributed by atoms with Crippen LogP contribution in [-0.4, -0.2) is 23.4 Å². The maximum atomic E-state index is 13.8. The quantitative estimate of drug-likeness (QED) is 0.922. The van der Waals surface area contributed by atoms with Gasteiger partial charge < -0.3 is 14.6 Å². The van der Waals surface area contributed by atoms with E-state index in [4.69, 9.17) is 9.47 Å². The van der Waals surface area contributed by atoms with Crippen molar-refractivity contribution in [1.82, 2.24) is 0 Å². The lowest BCUT2D eigenvalue weighted by Gasteiger charge is -2.46. The van der Waals surface area contributed by atoms with Crippen LogP contribution in [0.25, 0.3) is 0 Å². The maximum Gasteiger partial charge on any atom is 0.132 e. The van der Waals surface area contributed by atoms with E-state index in [9.17, 15) is 9.50 Å². The minimum Gasteiger partial charge on any atom is -0.490 e. The first kappa shape index (κ1) is 13.8. The summed E-state index contributed by atoms with van der Waals surface area (Å²) in [5, 5.41) is 9.43. The molecule has 0 radical (unpaired) electrons. The summed E-state index contributed by atoms with van der Waals surface area (Å²) in [4.78, 5) is 0. The summed E-state index contributed by atoms with van der Waals surface area (Å²) in [5.41, 5.74) is 0.334. The van der Waals surface area contributed by atoms with Gasteiger partial charge in [0.05, 0.1) is 18.3 Å². The molecule has 3 nitrogen and oxygen atoms in total. The van der Waals surface area contributed by atoms with Crippen molar-refractivity contribution in [3.05, 3.63) is 29.6 Å². The zero-order chi connectivity index (χ0) is 14.2. The summed E-state index contributed by atoms with van der Waals surface area (Å²) >= 11 is 0. The summed E-state index contributed by atoms with van der Waals surface area (Å²) in [7, 11) is 0. The molecule has 1 saturated heterocycles. The summed E-state index contributed by atoms with van der Waals surface area (Å²) in [6.45, 7) is 2.27. The Kier molecular flexibility index (Phi) is 3.69. The van der Waals surface area contributed by atoms with E-state index >= 15 is 0 Å². The number of benzene rings is 1. The molecule has 4 heteroatoms. The first-order chi connectivity index (χ1) is 9.58. The standard InChI is InChI=1S/C16H21FO3/c1-11(18)14-4-3-12(9-15(14)17)20-13-5-8-19-16(10-13)6-2-7-16/h3-4,9,11,13,18H,2,5-8,10H2,1H3/t11-,13?/m1/s1. The Labute approximate surface area is 118 Å². The number of hydrogen-bond donors (Lipinski definition) is 1. The Balaban J connectivity index is 1.67. The first-order valence-electron chi connectivity index (χ1n) is 7.36. The molecule has 1 spiro atoms. The summed E-state index contributed by atoms with van der Waals surface area (Å²) in [6, 6.07) is 4.69. The Hall–Kier alpha value is -1.13. The van der Waals surface area contributed by atoms with Gasteiger partial charge in [0.15, 0.2) is 0 Å². The molecule has 1 aliphatic heterocycles. The average molecular weight is 280 g/mol. The summed E-state index contributed by atoms with van der Waals surface area (Å²) in [6.07, 6.45) is 4.49. The van der Waals surface area contributed by atoms with Crippen LogP contribution in [0.1, 0.15) is 50.7 Å². The van der Waals surface area contributed by atoms with Crippen LogP contribution >= 0.6 is 0 Å². The van der Waals surface area contributed by atoms with Crippen LogP contribution in [0.4, 0.5) is 4.39 Å². The van der Waals surface area contributed by atoms with Crippen LogP contribution < -0.4 is 4.74 Å². The van der Waals surface area contributed by atoms with Crippen LogP contribution in [0, 0.1) is 5.82 Å². The van der Waals surface area contributed by atoms with Crippen LogP contribution in [-0.2, 0) is 4.74 Å². The number of aliphatic hydroxyl groups excluding tert-OH is 1. The summed E-state index contributed by atoms with van der Waals surface area (Å²) in [5.74, 6) is 0.121. The van der Waals surface area contributed by atoms with Crippen molar-refractivity contribution in [2.75, 3.05) is 6.61 Å². The molecule has 2 atom stereocenters. The SMILES string of the molecule is C[C@@H](O)c1ccc(OC2CCOC3(CCC3)C2)cc1F. The van der Waals surface area contributed by atoms with Gasteiger partial charge in [0.25, 0.3) is 0 Å². The third-order valence-electron chi connectivity index (χ3n) is 4.44. The van der Waals surface area contributed by atoms with Crippen molar-refractivity contribution in [3.8, 4) is 5.75 Å². The Morgan fingerprint density at radius 2 is 2.25 bits per heavy atom. The van der Waals surface area contributed by atoms with Gasteiger partial charge in [-0.25, -0.2) is 4.39 Å². The van der Waals surface area contributed by atoms with E-state index in [0.29, 0.717) is 11.3 Å². The number of ether oxygens (including phenoxy) is 2. The molecule has 1 N–H and O–H groups in total. The lowest BCUT2D eigenvalue weighted by Crippen LogP contribution is -2.48.